The lowest BCUT2D eigenvalue weighted by Crippen LogP contribution is -2.45. The minimum absolute atomic E-state index is 0.154. The Labute approximate surface area is 176 Å². The minimum Gasteiger partial charge on any atom is -0.484 e. The Hall–Kier alpha value is -3.65. The van der Waals surface area contributed by atoms with Gasteiger partial charge in [-0.15, -0.1) is 0 Å². The zero-order valence-electron chi connectivity index (χ0n) is 15.6. The summed E-state index contributed by atoms with van der Waals surface area (Å²) in [4.78, 5) is 36.7. The molecule has 2 aromatic carbocycles. The Morgan fingerprint density at radius 3 is 2.40 bits per heavy atom. The first-order valence-corrected chi connectivity index (χ1v) is 9.21. The first kappa shape index (κ1) is 21.1. The van der Waals surface area contributed by atoms with Gasteiger partial charge in [-0.2, -0.15) is 0 Å². The molecular formula is C21H17ClFN3O4. The van der Waals surface area contributed by atoms with Crippen molar-refractivity contribution in [2.75, 3.05) is 6.61 Å². The molecule has 0 radical (unpaired) electrons. The zero-order chi connectivity index (χ0) is 21.5. The maximum absolute atomic E-state index is 13.0. The summed E-state index contributed by atoms with van der Waals surface area (Å²) in [5.74, 6) is -1.32. The molecule has 0 saturated heterocycles. The van der Waals surface area contributed by atoms with E-state index in [1.165, 1.54) is 35.0 Å². The van der Waals surface area contributed by atoms with Crippen molar-refractivity contribution in [2.45, 2.75) is 6.54 Å². The van der Waals surface area contributed by atoms with Crippen LogP contribution in [0.3, 0.4) is 0 Å². The van der Waals surface area contributed by atoms with E-state index in [0.717, 1.165) is 0 Å². The lowest BCUT2D eigenvalue weighted by molar-refractivity contribution is -0.123. The van der Waals surface area contributed by atoms with Gasteiger partial charge < -0.3 is 9.30 Å². The molecule has 2 N–H and O–H groups in total. The second-order valence-electron chi connectivity index (χ2n) is 6.23. The number of carbonyl (C=O) groups excluding carboxylic acids is 2. The fourth-order valence-corrected chi connectivity index (χ4v) is 2.66. The van der Waals surface area contributed by atoms with E-state index in [0.29, 0.717) is 16.3 Å². The van der Waals surface area contributed by atoms with Gasteiger partial charge in [0.15, 0.2) is 6.61 Å². The highest BCUT2D eigenvalue weighted by molar-refractivity contribution is 6.30. The van der Waals surface area contributed by atoms with E-state index in [1.807, 2.05) is 0 Å². The number of nitrogens with zero attached hydrogens (tertiary/aromatic N) is 1. The van der Waals surface area contributed by atoms with Crippen LogP contribution >= 0.6 is 11.6 Å². The van der Waals surface area contributed by atoms with Crippen LogP contribution < -0.4 is 21.1 Å². The van der Waals surface area contributed by atoms with Gasteiger partial charge >= 0.3 is 0 Å². The number of hydrazine groups is 1. The van der Waals surface area contributed by atoms with Crippen LogP contribution in [0.1, 0.15) is 15.9 Å². The number of benzene rings is 2. The summed E-state index contributed by atoms with van der Waals surface area (Å²) >= 11 is 5.77. The van der Waals surface area contributed by atoms with Gasteiger partial charge in [-0.1, -0.05) is 23.7 Å². The molecule has 3 rings (SSSR count). The van der Waals surface area contributed by atoms with E-state index in [-0.39, 0.29) is 24.5 Å². The van der Waals surface area contributed by atoms with E-state index in [1.54, 1.807) is 36.4 Å². The summed E-state index contributed by atoms with van der Waals surface area (Å²) in [7, 11) is 0. The van der Waals surface area contributed by atoms with Gasteiger partial charge in [0.1, 0.15) is 17.1 Å². The van der Waals surface area contributed by atoms with Crippen LogP contribution in [0.15, 0.2) is 71.7 Å². The van der Waals surface area contributed by atoms with Gasteiger partial charge in [-0.05, 0) is 54.1 Å². The predicted molar refractivity (Wildman–Crippen MR) is 109 cm³/mol. The first-order valence-electron chi connectivity index (χ1n) is 8.84. The minimum atomic E-state index is -0.770. The van der Waals surface area contributed by atoms with Crippen molar-refractivity contribution < 1.29 is 18.7 Å². The monoisotopic (exact) mass is 429 g/mol. The summed E-state index contributed by atoms with van der Waals surface area (Å²) in [6, 6.07) is 15.0. The van der Waals surface area contributed by atoms with Crippen LogP contribution in [0.25, 0.3) is 0 Å². The third kappa shape index (κ3) is 5.68. The molecule has 2 amide bonds. The van der Waals surface area contributed by atoms with E-state index in [2.05, 4.69) is 10.9 Å². The number of ether oxygens (including phenoxy) is 1. The number of rotatable bonds is 6. The number of nitrogens with one attached hydrogen (secondary N) is 2. The summed E-state index contributed by atoms with van der Waals surface area (Å²) in [5.41, 5.74) is 4.36. The van der Waals surface area contributed by atoms with E-state index in [9.17, 15) is 18.8 Å². The van der Waals surface area contributed by atoms with Gasteiger partial charge in [0.25, 0.3) is 17.4 Å². The molecule has 0 aliphatic heterocycles. The summed E-state index contributed by atoms with van der Waals surface area (Å²) in [5, 5.41) is 0.534. The molecule has 30 heavy (non-hydrogen) atoms. The molecule has 1 heterocycles. The number of hydrogen-bond acceptors (Lipinski definition) is 4. The van der Waals surface area contributed by atoms with Crippen LogP contribution in [-0.4, -0.2) is 23.0 Å². The van der Waals surface area contributed by atoms with Gasteiger partial charge in [0, 0.05) is 11.2 Å². The van der Waals surface area contributed by atoms with Gasteiger partial charge in [0.05, 0.1) is 6.54 Å². The number of pyridine rings is 1. The van der Waals surface area contributed by atoms with Crippen molar-refractivity contribution in [3.05, 3.63) is 99.2 Å². The van der Waals surface area contributed by atoms with Crippen molar-refractivity contribution in [1.29, 1.82) is 0 Å². The largest absolute Gasteiger partial charge is 0.484 e. The van der Waals surface area contributed by atoms with Crippen LogP contribution in [-0.2, 0) is 11.3 Å². The molecule has 0 fully saturated rings. The summed E-state index contributed by atoms with van der Waals surface area (Å²) in [6.45, 7) is -0.174. The Bertz CT molecular complexity index is 1100. The van der Waals surface area contributed by atoms with Gasteiger partial charge in [-0.25, -0.2) is 4.39 Å². The number of halogens is 2. The fraction of sp³-hybridized carbons (Fsp3) is 0.0952. The fourth-order valence-electron chi connectivity index (χ4n) is 2.53. The first-order chi connectivity index (χ1) is 14.4. The molecule has 0 aliphatic rings. The van der Waals surface area contributed by atoms with Gasteiger partial charge in [0.2, 0.25) is 0 Å². The molecule has 0 aliphatic carbocycles. The Morgan fingerprint density at radius 2 is 1.70 bits per heavy atom. The summed E-state index contributed by atoms with van der Waals surface area (Å²) in [6.07, 6.45) is 1.51. The molecule has 3 aromatic rings. The van der Waals surface area contributed by atoms with Crippen molar-refractivity contribution >= 4 is 23.4 Å². The van der Waals surface area contributed by atoms with E-state index >= 15 is 0 Å². The molecule has 0 bridgehead atoms. The standard InChI is InChI=1S/C21H17ClFN3O4/c22-15-5-9-17(10-6-15)30-13-19(27)24-25-20(28)18-2-1-11-26(21(18)29)12-14-3-7-16(23)8-4-14/h1-11H,12-13H2,(H,24,27)(H,25,28). The molecule has 7 nitrogen and oxygen atoms in total. The van der Waals surface area contributed by atoms with Crippen molar-refractivity contribution in [3.8, 4) is 5.75 Å². The molecular weight excluding hydrogens is 413 g/mol. The van der Waals surface area contributed by atoms with Crippen LogP contribution in [0.2, 0.25) is 5.02 Å². The number of aromatic nitrogens is 1. The van der Waals surface area contributed by atoms with E-state index < -0.39 is 17.4 Å². The van der Waals surface area contributed by atoms with Crippen LogP contribution in [0, 0.1) is 5.82 Å². The highest BCUT2D eigenvalue weighted by atomic mass is 35.5. The Kier molecular flexibility index (Phi) is 6.82. The lowest BCUT2D eigenvalue weighted by Gasteiger charge is -2.10. The SMILES string of the molecule is O=C(COc1ccc(Cl)cc1)NNC(=O)c1cccn(Cc2ccc(F)cc2)c1=O. The molecule has 154 valence electrons. The quantitative estimate of drug-likeness (QED) is 0.589. The molecule has 1 aromatic heterocycles. The number of amides is 2. The summed E-state index contributed by atoms with van der Waals surface area (Å²) < 4.78 is 19.6. The third-order valence-corrected chi connectivity index (χ3v) is 4.28. The highest BCUT2D eigenvalue weighted by Gasteiger charge is 2.13. The second kappa shape index (κ2) is 9.71. The predicted octanol–water partition coefficient (Wildman–Crippen LogP) is 2.53. The molecule has 0 atom stereocenters. The zero-order valence-corrected chi connectivity index (χ0v) is 16.4. The maximum Gasteiger partial charge on any atom is 0.276 e. The highest BCUT2D eigenvalue weighted by Crippen LogP contribution is 2.15. The average molecular weight is 430 g/mol. The molecule has 0 saturated carbocycles. The van der Waals surface area contributed by atoms with Crippen molar-refractivity contribution in [3.63, 3.8) is 0 Å². The van der Waals surface area contributed by atoms with Gasteiger partial charge in [-0.3, -0.25) is 25.2 Å². The van der Waals surface area contributed by atoms with E-state index in [4.69, 9.17) is 16.3 Å². The maximum atomic E-state index is 13.0. The molecule has 0 spiro atoms. The van der Waals surface area contributed by atoms with Crippen LogP contribution in [0.4, 0.5) is 4.39 Å². The number of carbonyl (C=O) groups is 2. The molecule has 0 unspecified atom stereocenters. The Balaban J connectivity index is 1.57. The lowest BCUT2D eigenvalue weighted by atomic mass is 10.2. The normalized spacial score (nSPS) is 10.3. The van der Waals surface area contributed by atoms with Crippen LogP contribution in [0.5, 0.6) is 5.75 Å². The van der Waals surface area contributed by atoms with Crippen molar-refractivity contribution in [2.24, 2.45) is 0 Å². The smallest absolute Gasteiger partial charge is 0.276 e. The topological polar surface area (TPSA) is 89.4 Å². The average Bonchev–Trinajstić information content (AvgIpc) is 2.74. The second-order valence-corrected chi connectivity index (χ2v) is 6.66. The molecule has 9 heteroatoms. The van der Waals surface area contributed by atoms with Crippen molar-refractivity contribution in [1.82, 2.24) is 15.4 Å². The number of hydrogen-bond donors (Lipinski definition) is 2. The Morgan fingerprint density at radius 1 is 1.00 bits per heavy atom. The third-order valence-electron chi connectivity index (χ3n) is 4.03.